The molecule has 2 bridgehead atoms. The zero-order valence-electron chi connectivity index (χ0n) is 12.2. The van der Waals surface area contributed by atoms with E-state index in [9.17, 15) is 4.79 Å². The van der Waals surface area contributed by atoms with Crippen LogP contribution in [0.1, 0.15) is 71.1 Å². The summed E-state index contributed by atoms with van der Waals surface area (Å²) >= 11 is 0. The van der Waals surface area contributed by atoms with Crippen LogP contribution >= 0.6 is 0 Å². The fourth-order valence-electron chi connectivity index (χ4n) is 3.63. The summed E-state index contributed by atoms with van der Waals surface area (Å²) in [5.74, 6) is 2.50. The topological polar surface area (TPSA) is 41.5 Å². The quantitative estimate of drug-likeness (QED) is 0.403. The number of nitrogens with one attached hydrogen (secondary N) is 1. The fraction of sp³-hybridized carbons (Fsp3) is 0.875. The monoisotopic (exact) mass is 264 g/mol. The van der Waals surface area contributed by atoms with Crippen LogP contribution in [0.15, 0.2) is 5.10 Å². The molecule has 3 heteroatoms. The molecule has 0 spiro atoms. The Kier molecular flexibility index (Phi) is 5.87. The molecule has 1 amide bonds. The predicted molar refractivity (Wildman–Crippen MR) is 78.9 cm³/mol. The van der Waals surface area contributed by atoms with Crippen LogP contribution in [0.25, 0.3) is 0 Å². The van der Waals surface area contributed by atoms with Gasteiger partial charge in [0.25, 0.3) is 0 Å². The molecule has 0 saturated heterocycles. The predicted octanol–water partition coefficient (Wildman–Crippen LogP) is 3.89. The van der Waals surface area contributed by atoms with E-state index >= 15 is 0 Å². The van der Waals surface area contributed by atoms with Gasteiger partial charge in [0.2, 0.25) is 5.91 Å². The summed E-state index contributed by atoms with van der Waals surface area (Å²) in [7, 11) is 0. The van der Waals surface area contributed by atoms with Crippen molar-refractivity contribution in [1.82, 2.24) is 5.43 Å². The number of fused-ring (bicyclic) bond motifs is 2. The van der Waals surface area contributed by atoms with Crippen molar-refractivity contribution >= 4 is 12.1 Å². The summed E-state index contributed by atoms with van der Waals surface area (Å²) in [6, 6.07) is 0. The van der Waals surface area contributed by atoms with Crippen molar-refractivity contribution in [3.63, 3.8) is 0 Å². The fourth-order valence-corrected chi connectivity index (χ4v) is 3.63. The zero-order valence-corrected chi connectivity index (χ0v) is 12.2. The minimum atomic E-state index is 0.0795. The summed E-state index contributed by atoms with van der Waals surface area (Å²) in [6.45, 7) is 2.21. The highest BCUT2D eigenvalue weighted by atomic mass is 16.2. The van der Waals surface area contributed by atoms with Crippen molar-refractivity contribution in [3.8, 4) is 0 Å². The van der Waals surface area contributed by atoms with Gasteiger partial charge in [-0.1, -0.05) is 39.0 Å². The van der Waals surface area contributed by atoms with E-state index in [-0.39, 0.29) is 5.91 Å². The van der Waals surface area contributed by atoms with Gasteiger partial charge < -0.3 is 0 Å². The van der Waals surface area contributed by atoms with Gasteiger partial charge in [-0.2, -0.15) is 5.10 Å². The summed E-state index contributed by atoms with van der Waals surface area (Å²) in [5.41, 5.74) is 2.69. The summed E-state index contributed by atoms with van der Waals surface area (Å²) < 4.78 is 0. The number of unbranched alkanes of at least 4 members (excludes halogenated alkanes) is 4. The molecule has 0 aromatic heterocycles. The molecule has 3 atom stereocenters. The number of amides is 1. The first kappa shape index (κ1) is 14.5. The molecular weight excluding hydrogens is 236 g/mol. The van der Waals surface area contributed by atoms with Crippen molar-refractivity contribution < 1.29 is 4.79 Å². The van der Waals surface area contributed by atoms with E-state index in [1.165, 1.54) is 44.9 Å². The van der Waals surface area contributed by atoms with Crippen molar-refractivity contribution in [3.05, 3.63) is 0 Å². The van der Waals surface area contributed by atoms with Gasteiger partial charge >= 0.3 is 0 Å². The van der Waals surface area contributed by atoms with Crippen LogP contribution in [0.5, 0.6) is 0 Å². The third kappa shape index (κ3) is 4.63. The maximum absolute atomic E-state index is 11.6. The van der Waals surface area contributed by atoms with E-state index in [0.29, 0.717) is 12.3 Å². The maximum Gasteiger partial charge on any atom is 0.240 e. The highest BCUT2D eigenvalue weighted by Crippen LogP contribution is 2.47. The number of carbonyl (C=O) groups is 1. The lowest BCUT2D eigenvalue weighted by atomic mass is 9.90. The smallest absolute Gasteiger partial charge is 0.240 e. The summed E-state index contributed by atoms with van der Waals surface area (Å²) in [4.78, 5) is 11.6. The van der Waals surface area contributed by atoms with Gasteiger partial charge in [0, 0.05) is 12.6 Å². The van der Waals surface area contributed by atoms with Crippen LogP contribution in [0.3, 0.4) is 0 Å². The number of nitrogens with zero attached hydrogens (tertiary/aromatic N) is 1. The van der Waals surface area contributed by atoms with E-state index in [1.807, 2.05) is 6.21 Å². The lowest BCUT2D eigenvalue weighted by Crippen LogP contribution is -2.19. The van der Waals surface area contributed by atoms with Gasteiger partial charge in [0.1, 0.15) is 0 Å². The second-order valence-electron chi connectivity index (χ2n) is 6.32. The Balaban J connectivity index is 1.53. The number of rotatable bonds is 8. The first-order valence-corrected chi connectivity index (χ1v) is 8.11. The first-order valence-electron chi connectivity index (χ1n) is 8.11. The lowest BCUT2D eigenvalue weighted by Gasteiger charge is -2.16. The van der Waals surface area contributed by atoms with Gasteiger partial charge in [-0.25, -0.2) is 5.43 Å². The van der Waals surface area contributed by atoms with Crippen LogP contribution < -0.4 is 5.43 Å². The second-order valence-corrected chi connectivity index (χ2v) is 6.32. The Labute approximate surface area is 117 Å². The molecule has 2 fully saturated rings. The Morgan fingerprint density at radius 1 is 1.21 bits per heavy atom. The molecule has 3 unspecified atom stereocenters. The SMILES string of the molecule is CCCCCCCC(=O)NN=CC1CC2CCC1C2. The molecule has 0 aliphatic heterocycles. The molecular formula is C16H28N2O. The summed E-state index contributed by atoms with van der Waals surface area (Å²) in [6.07, 6.45) is 14.0. The van der Waals surface area contributed by atoms with E-state index in [0.717, 1.165) is 24.7 Å². The van der Waals surface area contributed by atoms with Crippen molar-refractivity contribution in [2.75, 3.05) is 0 Å². The molecule has 19 heavy (non-hydrogen) atoms. The Morgan fingerprint density at radius 2 is 2.05 bits per heavy atom. The molecule has 3 nitrogen and oxygen atoms in total. The molecule has 0 radical (unpaired) electrons. The van der Waals surface area contributed by atoms with Crippen molar-refractivity contribution in [1.29, 1.82) is 0 Å². The molecule has 0 aromatic carbocycles. The number of hydrogen-bond acceptors (Lipinski definition) is 2. The molecule has 2 saturated carbocycles. The normalized spacial score (nSPS) is 29.2. The first-order chi connectivity index (χ1) is 9.29. The molecule has 2 rings (SSSR count). The average Bonchev–Trinajstić information content (AvgIpc) is 3.01. The van der Waals surface area contributed by atoms with Crippen LogP contribution in [-0.2, 0) is 4.79 Å². The van der Waals surface area contributed by atoms with Gasteiger partial charge in [-0.15, -0.1) is 0 Å². The minimum absolute atomic E-state index is 0.0795. The number of hydrogen-bond donors (Lipinski definition) is 1. The molecule has 2 aliphatic carbocycles. The van der Waals surface area contributed by atoms with Crippen LogP contribution in [0.4, 0.5) is 0 Å². The van der Waals surface area contributed by atoms with Gasteiger partial charge in [0.15, 0.2) is 0 Å². The minimum Gasteiger partial charge on any atom is -0.273 e. The Bertz CT molecular complexity index is 314. The van der Waals surface area contributed by atoms with Crippen molar-refractivity contribution in [2.45, 2.75) is 71.1 Å². The molecule has 0 aromatic rings. The molecule has 0 heterocycles. The van der Waals surface area contributed by atoms with E-state index in [4.69, 9.17) is 0 Å². The van der Waals surface area contributed by atoms with Crippen LogP contribution in [-0.4, -0.2) is 12.1 Å². The molecule has 1 N–H and O–H groups in total. The third-order valence-electron chi connectivity index (χ3n) is 4.76. The standard InChI is InChI=1S/C16H28N2O/c1-2-3-4-5-6-7-16(19)18-17-12-15-11-13-8-9-14(15)10-13/h12-15H,2-11H2,1H3,(H,18,19). The van der Waals surface area contributed by atoms with Crippen LogP contribution in [0, 0.1) is 17.8 Å². The van der Waals surface area contributed by atoms with E-state index < -0.39 is 0 Å². The number of hydrazone groups is 1. The zero-order chi connectivity index (χ0) is 13.5. The van der Waals surface area contributed by atoms with Crippen molar-refractivity contribution in [2.24, 2.45) is 22.9 Å². The van der Waals surface area contributed by atoms with E-state index in [2.05, 4.69) is 17.5 Å². The Hall–Kier alpha value is -0.860. The van der Waals surface area contributed by atoms with Crippen LogP contribution in [0.2, 0.25) is 0 Å². The molecule has 2 aliphatic rings. The van der Waals surface area contributed by atoms with Gasteiger partial charge in [0.05, 0.1) is 0 Å². The largest absolute Gasteiger partial charge is 0.273 e. The highest BCUT2D eigenvalue weighted by molar-refractivity contribution is 5.76. The maximum atomic E-state index is 11.6. The number of carbonyl (C=O) groups excluding carboxylic acids is 1. The Morgan fingerprint density at radius 3 is 2.74 bits per heavy atom. The molecule has 108 valence electrons. The van der Waals surface area contributed by atoms with Gasteiger partial charge in [-0.3, -0.25) is 4.79 Å². The third-order valence-corrected chi connectivity index (χ3v) is 4.76. The average molecular weight is 264 g/mol. The lowest BCUT2D eigenvalue weighted by molar-refractivity contribution is -0.121. The van der Waals surface area contributed by atoms with Gasteiger partial charge in [-0.05, 0) is 43.4 Å². The summed E-state index contributed by atoms with van der Waals surface area (Å²) in [5, 5.41) is 4.16. The second kappa shape index (κ2) is 7.66. The van der Waals surface area contributed by atoms with E-state index in [1.54, 1.807) is 0 Å². The highest BCUT2D eigenvalue weighted by Gasteiger charge is 2.38.